The van der Waals surface area contributed by atoms with Crippen molar-refractivity contribution in [2.45, 2.75) is 66.9 Å². The molecule has 2 aliphatic rings. The van der Waals surface area contributed by atoms with Crippen LogP contribution in [0, 0.1) is 35.0 Å². The zero-order valence-electron chi connectivity index (χ0n) is 17.9. The zero-order chi connectivity index (χ0) is 19.8. The molecule has 2 nitrogen and oxygen atoms in total. The molecule has 0 radical (unpaired) electrons. The van der Waals surface area contributed by atoms with Crippen LogP contribution in [0.25, 0.3) is 5.57 Å². The lowest BCUT2D eigenvalue weighted by atomic mass is 9.75. The largest absolute Gasteiger partial charge is 0.462 e. The highest BCUT2D eigenvalue weighted by atomic mass is 16.5. The van der Waals surface area contributed by atoms with E-state index in [-0.39, 0.29) is 29.3 Å². The Morgan fingerprint density at radius 2 is 1.85 bits per heavy atom. The Morgan fingerprint density at radius 1 is 1.19 bits per heavy atom. The molecule has 5 unspecified atom stereocenters. The summed E-state index contributed by atoms with van der Waals surface area (Å²) >= 11 is 0. The van der Waals surface area contributed by atoms with E-state index in [1.54, 1.807) is 0 Å². The molecule has 0 N–H and O–H groups in total. The van der Waals surface area contributed by atoms with Crippen molar-refractivity contribution in [2.75, 3.05) is 0 Å². The van der Waals surface area contributed by atoms with E-state index in [4.69, 9.17) is 4.74 Å². The minimum Gasteiger partial charge on any atom is -0.462 e. The normalized spacial score (nSPS) is 33.0. The summed E-state index contributed by atoms with van der Waals surface area (Å²) in [6.07, 6.45) is 5.84. The summed E-state index contributed by atoms with van der Waals surface area (Å²) in [5.74, 6) is 2.00. The third kappa shape index (κ3) is 4.31. The molecule has 3 rings (SSSR count). The summed E-state index contributed by atoms with van der Waals surface area (Å²) in [6.45, 7) is 13.3. The van der Waals surface area contributed by atoms with Gasteiger partial charge in [0, 0.05) is 0 Å². The van der Waals surface area contributed by atoms with Gasteiger partial charge in [-0.15, -0.1) is 0 Å². The molecule has 0 spiro atoms. The first kappa shape index (κ1) is 20.2. The molecular formula is C25H36O2. The minimum absolute atomic E-state index is 0.0128. The zero-order valence-corrected chi connectivity index (χ0v) is 17.9. The highest BCUT2D eigenvalue weighted by molar-refractivity contribution is 5.79. The molecule has 0 aromatic heterocycles. The lowest BCUT2D eigenvalue weighted by molar-refractivity contribution is -0.158. The standard InChI is InChI=1S/C25H36O2/c1-16(2)20-13-12-17(3)14-22(20)27-24(26)23-21(25(23,5)6)15-18(4)19-10-8-7-9-11-19/h7-11,15-17,20-23H,12-14H2,1-6H3. The van der Waals surface area contributed by atoms with Gasteiger partial charge in [-0.1, -0.05) is 77.4 Å². The van der Waals surface area contributed by atoms with Gasteiger partial charge in [-0.25, -0.2) is 0 Å². The molecule has 0 aliphatic heterocycles. The van der Waals surface area contributed by atoms with Crippen molar-refractivity contribution in [1.82, 2.24) is 0 Å². The third-order valence-electron chi connectivity index (χ3n) is 7.05. The molecule has 2 heteroatoms. The second-order valence-electron chi connectivity index (χ2n) is 9.84. The molecule has 5 atom stereocenters. The fourth-order valence-corrected chi connectivity index (χ4v) is 4.98. The van der Waals surface area contributed by atoms with Crippen LogP contribution >= 0.6 is 0 Å². The number of carbonyl (C=O) groups is 1. The molecule has 27 heavy (non-hydrogen) atoms. The summed E-state index contributed by atoms with van der Waals surface area (Å²) in [5, 5.41) is 0. The van der Waals surface area contributed by atoms with Crippen molar-refractivity contribution >= 4 is 11.5 Å². The average molecular weight is 369 g/mol. The quantitative estimate of drug-likeness (QED) is 0.565. The second kappa shape index (κ2) is 7.81. The summed E-state index contributed by atoms with van der Waals surface area (Å²) in [7, 11) is 0. The van der Waals surface area contributed by atoms with Crippen LogP contribution in [0.2, 0.25) is 0 Å². The maximum atomic E-state index is 13.0. The molecule has 148 valence electrons. The van der Waals surface area contributed by atoms with Crippen molar-refractivity contribution in [1.29, 1.82) is 0 Å². The van der Waals surface area contributed by atoms with Crippen molar-refractivity contribution in [3.05, 3.63) is 42.0 Å². The number of esters is 1. The maximum absolute atomic E-state index is 13.0. The van der Waals surface area contributed by atoms with Crippen molar-refractivity contribution in [2.24, 2.45) is 35.0 Å². The molecule has 0 heterocycles. The van der Waals surface area contributed by atoms with Crippen molar-refractivity contribution in [3.63, 3.8) is 0 Å². The Hall–Kier alpha value is -1.57. The number of rotatable bonds is 5. The Balaban J connectivity index is 1.69. The van der Waals surface area contributed by atoms with Crippen LogP contribution in [0.5, 0.6) is 0 Å². The molecule has 2 fully saturated rings. The summed E-state index contributed by atoms with van der Waals surface area (Å²) < 4.78 is 6.14. The maximum Gasteiger partial charge on any atom is 0.310 e. The fraction of sp³-hybridized carbons (Fsp3) is 0.640. The van der Waals surface area contributed by atoms with Crippen LogP contribution in [0.4, 0.5) is 0 Å². The molecule has 2 aliphatic carbocycles. The van der Waals surface area contributed by atoms with E-state index in [9.17, 15) is 4.79 Å². The summed E-state index contributed by atoms with van der Waals surface area (Å²) in [6, 6.07) is 10.4. The topological polar surface area (TPSA) is 26.3 Å². The number of carbonyl (C=O) groups excluding carboxylic acids is 1. The van der Waals surface area contributed by atoms with E-state index in [0.29, 0.717) is 17.8 Å². The van der Waals surface area contributed by atoms with E-state index in [1.165, 1.54) is 24.0 Å². The lowest BCUT2D eigenvalue weighted by Gasteiger charge is -2.36. The van der Waals surface area contributed by atoms with Gasteiger partial charge in [-0.2, -0.15) is 0 Å². The summed E-state index contributed by atoms with van der Waals surface area (Å²) in [5.41, 5.74) is 2.46. The van der Waals surface area contributed by atoms with Gasteiger partial charge in [-0.05, 0) is 60.0 Å². The smallest absolute Gasteiger partial charge is 0.310 e. The SMILES string of the molecule is CC(=CC1C(C(=O)OC2CC(C)CCC2C(C)C)C1(C)C)c1ccccc1. The van der Waals surface area contributed by atoms with Gasteiger partial charge in [0.1, 0.15) is 6.10 Å². The number of allylic oxidation sites excluding steroid dienone is 2. The molecule has 0 saturated heterocycles. The van der Waals surface area contributed by atoms with Crippen LogP contribution in [0.1, 0.15) is 66.4 Å². The van der Waals surface area contributed by atoms with Gasteiger partial charge in [0.2, 0.25) is 0 Å². The molecule has 1 aromatic rings. The Morgan fingerprint density at radius 3 is 2.48 bits per heavy atom. The van der Waals surface area contributed by atoms with Crippen LogP contribution < -0.4 is 0 Å². The lowest BCUT2D eigenvalue weighted by Crippen LogP contribution is -2.36. The van der Waals surface area contributed by atoms with E-state index in [0.717, 1.165) is 6.42 Å². The average Bonchev–Trinajstić information content (AvgIpc) is 3.15. The minimum atomic E-state index is -0.0132. The monoisotopic (exact) mass is 368 g/mol. The molecule has 1 aromatic carbocycles. The van der Waals surface area contributed by atoms with Gasteiger partial charge >= 0.3 is 5.97 Å². The molecule has 2 saturated carbocycles. The van der Waals surface area contributed by atoms with E-state index >= 15 is 0 Å². The van der Waals surface area contributed by atoms with E-state index in [1.807, 2.05) is 6.07 Å². The predicted octanol–water partition coefficient (Wildman–Crippen LogP) is 6.37. The van der Waals surface area contributed by atoms with Gasteiger partial charge in [0.05, 0.1) is 5.92 Å². The fourth-order valence-electron chi connectivity index (χ4n) is 4.98. The first-order chi connectivity index (χ1) is 12.7. The number of hydrogen-bond acceptors (Lipinski definition) is 2. The third-order valence-corrected chi connectivity index (χ3v) is 7.05. The molecule has 0 amide bonds. The Kier molecular flexibility index (Phi) is 5.84. The van der Waals surface area contributed by atoms with Crippen LogP contribution in [-0.2, 0) is 9.53 Å². The molecule has 0 bridgehead atoms. The van der Waals surface area contributed by atoms with Gasteiger partial charge in [0.25, 0.3) is 0 Å². The second-order valence-corrected chi connectivity index (χ2v) is 9.84. The van der Waals surface area contributed by atoms with Crippen LogP contribution in [0.15, 0.2) is 36.4 Å². The summed E-state index contributed by atoms with van der Waals surface area (Å²) in [4.78, 5) is 13.0. The van der Waals surface area contributed by atoms with Crippen LogP contribution in [-0.4, -0.2) is 12.1 Å². The first-order valence-corrected chi connectivity index (χ1v) is 10.7. The van der Waals surface area contributed by atoms with E-state index < -0.39 is 0 Å². The van der Waals surface area contributed by atoms with Gasteiger partial charge < -0.3 is 4.74 Å². The Labute approximate surface area is 165 Å². The predicted molar refractivity (Wildman–Crippen MR) is 112 cm³/mol. The first-order valence-electron chi connectivity index (χ1n) is 10.7. The van der Waals surface area contributed by atoms with Crippen molar-refractivity contribution < 1.29 is 9.53 Å². The highest BCUT2D eigenvalue weighted by Gasteiger charge is 2.62. The number of benzene rings is 1. The van der Waals surface area contributed by atoms with E-state index in [2.05, 4.69) is 71.9 Å². The molecular weight excluding hydrogens is 332 g/mol. The number of hydrogen-bond donors (Lipinski definition) is 0. The van der Waals surface area contributed by atoms with Crippen molar-refractivity contribution in [3.8, 4) is 0 Å². The Bertz CT molecular complexity index is 686. The van der Waals surface area contributed by atoms with Gasteiger partial charge in [-0.3, -0.25) is 4.79 Å². The highest BCUT2D eigenvalue weighted by Crippen LogP contribution is 2.60. The number of ether oxygens (including phenoxy) is 1. The van der Waals surface area contributed by atoms with Crippen LogP contribution in [0.3, 0.4) is 0 Å². The van der Waals surface area contributed by atoms with Gasteiger partial charge in [0.15, 0.2) is 0 Å².